The van der Waals surface area contributed by atoms with Gasteiger partial charge >= 0.3 is 5.63 Å². The Bertz CT molecular complexity index is 1010. The van der Waals surface area contributed by atoms with Crippen LogP contribution < -0.4 is 15.5 Å². The van der Waals surface area contributed by atoms with Gasteiger partial charge in [-0.1, -0.05) is 24.3 Å². The van der Waals surface area contributed by atoms with Gasteiger partial charge in [-0.25, -0.2) is 4.79 Å². The molecule has 0 saturated heterocycles. The fourth-order valence-corrected chi connectivity index (χ4v) is 2.68. The quantitative estimate of drug-likeness (QED) is 0.684. The molecule has 3 rings (SSSR count). The standard InChI is InChI=1S/C20H18O5/c1-11-12(2)20(23)25-18-13(3)17(9-8-16(11)18)24-10-14-4-6-15(7-5-14)19(21)22/h4-9H,10H2,1-3H3,(H,21,22)/p-1. The largest absolute Gasteiger partial charge is 0.545 e. The number of rotatable bonds is 4. The summed E-state index contributed by atoms with van der Waals surface area (Å²) >= 11 is 0. The van der Waals surface area contributed by atoms with Crippen molar-refractivity contribution >= 4 is 16.9 Å². The van der Waals surface area contributed by atoms with Crippen molar-refractivity contribution in [2.75, 3.05) is 0 Å². The molecule has 0 fully saturated rings. The summed E-state index contributed by atoms with van der Waals surface area (Å²) in [7, 11) is 0. The molecule has 0 amide bonds. The monoisotopic (exact) mass is 337 g/mol. The van der Waals surface area contributed by atoms with Gasteiger partial charge in [0.25, 0.3) is 0 Å². The van der Waals surface area contributed by atoms with Gasteiger partial charge in [0, 0.05) is 16.5 Å². The smallest absolute Gasteiger partial charge is 0.339 e. The van der Waals surface area contributed by atoms with Gasteiger partial charge in [0.1, 0.15) is 17.9 Å². The summed E-state index contributed by atoms with van der Waals surface area (Å²) in [6.07, 6.45) is 0. The van der Waals surface area contributed by atoms with Crippen molar-refractivity contribution in [1.29, 1.82) is 0 Å². The van der Waals surface area contributed by atoms with Gasteiger partial charge in [-0.2, -0.15) is 0 Å². The summed E-state index contributed by atoms with van der Waals surface area (Å²) in [6.45, 7) is 5.76. The molecule has 25 heavy (non-hydrogen) atoms. The summed E-state index contributed by atoms with van der Waals surface area (Å²) in [5.41, 5.74) is 3.39. The number of hydrogen-bond acceptors (Lipinski definition) is 5. The second-order valence-electron chi connectivity index (χ2n) is 5.98. The highest BCUT2D eigenvalue weighted by atomic mass is 16.5. The molecule has 0 aliphatic rings. The number of carbonyl (C=O) groups excluding carboxylic acids is 1. The molecular formula is C20H17O5-. The number of benzene rings is 2. The molecule has 0 spiro atoms. The van der Waals surface area contributed by atoms with Crippen LogP contribution in [0.3, 0.4) is 0 Å². The lowest BCUT2D eigenvalue weighted by Gasteiger charge is -2.12. The van der Waals surface area contributed by atoms with Crippen molar-refractivity contribution < 1.29 is 19.1 Å². The van der Waals surface area contributed by atoms with Gasteiger partial charge in [0.05, 0.1) is 5.97 Å². The first-order chi connectivity index (χ1) is 11.9. The minimum absolute atomic E-state index is 0.123. The second kappa shape index (κ2) is 6.43. The van der Waals surface area contributed by atoms with E-state index in [0.29, 0.717) is 16.9 Å². The zero-order valence-corrected chi connectivity index (χ0v) is 14.2. The maximum absolute atomic E-state index is 11.9. The maximum Gasteiger partial charge on any atom is 0.339 e. The van der Waals surface area contributed by atoms with Gasteiger partial charge in [-0.15, -0.1) is 0 Å². The first-order valence-corrected chi connectivity index (χ1v) is 7.85. The third kappa shape index (κ3) is 3.13. The van der Waals surface area contributed by atoms with E-state index in [0.717, 1.165) is 22.1 Å². The number of fused-ring (bicyclic) bond motifs is 1. The number of ether oxygens (including phenoxy) is 1. The molecule has 0 aliphatic carbocycles. The van der Waals surface area contributed by atoms with Crippen molar-refractivity contribution in [3.05, 3.63) is 74.6 Å². The molecule has 0 saturated carbocycles. The van der Waals surface area contributed by atoms with E-state index in [4.69, 9.17) is 9.15 Å². The van der Waals surface area contributed by atoms with Crippen LogP contribution in [0.25, 0.3) is 11.0 Å². The Balaban J connectivity index is 1.89. The van der Waals surface area contributed by atoms with Crippen LogP contribution >= 0.6 is 0 Å². The van der Waals surface area contributed by atoms with Gasteiger partial charge < -0.3 is 19.1 Å². The van der Waals surface area contributed by atoms with E-state index < -0.39 is 5.97 Å². The minimum atomic E-state index is -1.21. The Hall–Kier alpha value is -3.08. The highest BCUT2D eigenvalue weighted by Crippen LogP contribution is 2.29. The van der Waals surface area contributed by atoms with Gasteiger partial charge in [0.15, 0.2) is 0 Å². The van der Waals surface area contributed by atoms with Crippen molar-refractivity contribution in [2.24, 2.45) is 0 Å². The Labute approximate surface area is 144 Å². The van der Waals surface area contributed by atoms with E-state index in [1.54, 1.807) is 19.1 Å². The fourth-order valence-electron chi connectivity index (χ4n) is 2.68. The Morgan fingerprint density at radius 2 is 1.68 bits per heavy atom. The molecule has 0 aliphatic heterocycles. The number of aromatic carboxylic acids is 1. The average Bonchev–Trinajstić information content (AvgIpc) is 2.60. The summed E-state index contributed by atoms with van der Waals surface area (Å²) in [5.74, 6) is -0.596. The van der Waals surface area contributed by atoms with Crippen molar-refractivity contribution in [3.63, 3.8) is 0 Å². The molecule has 1 aromatic heterocycles. The molecule has 0 radical (unpaired) electrons. The summed E-state index contributed by atoms with van der Waals surface area (Å²) in [4.78, 5) is 22.7. The van der Waals surface area contributed by atoms with Crippen molar-refractivity contribution in [3.8, 4) is 5.75 Å². The third-order valence-electron chi connectivity index (χ3n) is 4.41. The number of aryl methyl sites for hydroxylation is 2. The Kier molecular flexibility index (Phi) is 4.31. The first-order valence-electron chi connectivity index (χ1n) is 7.85. The predicted octanol–water partition coefficient (Wildman–Crippen LogP) is 2.66. The highest BCUT2D eigenvalue weighted by molar-refractivity contribution is 5.86. The maximum atomic E-state index is 11.9. The van der Waals surface area contributed by atoms with Crippen molar-refractivity contribution in [2.45, 2.75) is 27.4 Å². The van der Waals surface area contributed by atoms with Crippen LogP contribution in [-0.2, 0) is 6.61 Å². The molecule has 0 N–H and O–H groups in total. The van der Waals surface area contributed by atoms with Crippen LogP contribution in [-0.4, -0.2) is 5.97 Å². The molecule has 5 nitrogen and oxygen atoms in total. The van der Waals surface area contributed by atoms with Gasteiger partial charge in [-0.05, 0) is 49.6 Å². The average molecular weight is 337 g/mol. The van der Waals surface area contributed by atoms with E-state index in [9.17, 15) is 14.7 Å². The predicted molar refractivity (Wildman–Crippen MR) is 91.8 cm³/mol. The molecule has 2 aromatic carbocycles. The first kappa shape index (κ1) is 16.8. The van der Waals surface area contributed by atoms with Crippen LogP contribution in [0.4, 0.5) is 0 Å². The van der Waals surface area contributed by atoms with Gasteiger partial charge in [-0.3, -0.25) is 0 Å². The van der Waals surface area contributed by atoms with Crippen molar-refractivity contribution in [1.82, 2.24) is 0 Å². The second-order valence-corrected chi connectivity index (χ2v) is 5.98. The van der Waals surface area contributed by atoms with E-state index in [1.807, 2.05) is 26.0 Å². The molecule has 1 heterocycles. The molecule has 3 aromatic rings. The van der Waals surface area contributed by atoms with E-state index in [1.165, 1.54) is 12.1 Å². The number of hydrogen-bond donors (Lipinski definition) is 0. The van der Waals surface area contributed by atoms with Crippen LogP contribution in [0.5, 0.6) is 5.75 Å². The molecule has 5 heteroatoms. The van der Waals surface area contributed by atoms with Crippen LogP contribution in [0.2, 0.25) is 0 Å². The van der Waals surface area contributed by atoms with Crippen LogP contribution in [0, 0.1) is 20.8 Å². The van der Waals surface area contributed by atoms with E-state index in [-0.39, 0.29) is 17.8 Å². The molecular weight excluding hydrogens is 320 g/mol. The van der Waals surface area contributed by atoms with Crippen LogP contribution in [0.1, 0.15) is 32.6 Å². The topological polar surface area (TPSA) is 79.6 Å². The Morgan fingerprint density at radius 1 is 1.00 bits per heavy atom. The number of carboxylic acid groups (broad SMARTS) is 1. The lowest BCUT2D eigenvalue weighted by Crippen LogP contribution is -2.22. The third-order valence-corrected chi connectivity index (χ3v) is 4.41. The molecule has 0 unspecified atom stereocenters. The zero-order valence-electron chi connectivity index (χ0n) is 14.2. The molecule has 0 atom stereocenters. The SMILES string of the molecule is Cc1c(C)c2ccc(OCc3ccc(C(=O)[O-])cc3)c(C)c2oc1=O. The number of carboxylic acids is 1. The summed E-state index contributed by atoms with van der Waals surface area (Å²) < 4.78 is 11.2. The zero-order chi connectivity index (χ0) is 18.1. The van der Waals surface area contributed by atoms with E-state index in [2.05, 4.69) is 0 Å². The Morgan fingerprint density at radius 3 is 2.32 bits per heavy atom. The van der Waals surface area contributed by atoms with E-state index >= 15 is 0 Å². The van der Waals surface area contributed by atoms with Crippen LogP contribution in [0.15, 0.2) is 45.6 Å². The summed E-state index contributed by atoms with van der Waals surface area (Å²) in [6, 6.07) is 10.0. The number of carbonyl (C=O) groups is 1. The molecule has 0 bridgehead atoms. The lowest BCUT2D eigenvalue weighted by atomic mass is 10.0. The van der Waals surface area contributed by atoms with Gasteiger partial charge in [0.2, 0.25) is 0 Å². The fraction of sp³-hybridized carbons (Fsp3) is 0.200. The highest BCUT2D eigenvalue weighted by Gasteiger charge is 2.13. The normalized spacial score (nSPS) is 10.8. The summed E-state index contributed by atoms with van der Waals surface area (Å²) in [5, 5.41) is 11.7. The molecule has 128 valence electrons. The minimum Gasteiger partial charge on any atom is -0.545 e. The lowest BCUT2D eigenvalue weighted by molar-refractivity contribution is -0.255.